The summed E-state index contributed by atoms with van der Waals surface area (Å²) in [6, 6.07) is 0. The third kappa shape index (κ3) is 9.89. The van der Waals surface area contributed by atoms with Gasteiger partial charge in [0.2, 0.25) is 0 Å². The van der Waals surface area contributed by atoms with Gasteiger partial charge in [-0.25, -0.2) is 0 Å². The molecule has 0 aliphatic heterocycles. The van der Waals surface area contributed by atoms with Crippen LogP contribution in [0.15, 0.2) is 11.6 Å². The van der Waals surface area contributed by atoms with Crippen LogP contribution in [0.1, 0.15) is 170 Å². The molecule has 4 aliphatic rings. The molecule has 0 aromatic heterocycles. The van der Waals surface area contributed by atoms with Gasteiger partial charge in [-0.05, 0) is 106 Å². The topological polar surface area (TPSA) is 53.7 Å². The molecule has 0 aromatic carbocycles. The Bertz CT molecular complexity index is 934. The smallest absolute Gasteiger partial charge is 0.0612 e. The Labute approximate surface area is 292 Å². The summed E-state index contributed by atoms with van der Waals surface area (Å²) in [7, 11) is 0. The second kappa shape index (κ2) is 18.7. The molecule has 4 aliphatic carbocycles. The molecule has 2 N–H and O–H groups in total. The minimum absolute atomic E-state index is 0.0338. The zero-order valence-electron chi connectivity index (χ0n) is 32.4. The van der Waals surface area contributed by atoms with Crippen LogP contribution in [0.2, 0.25) is 0 Å². The van der Waals surface area contributed by atoms with Gasteiger partial charge in [-0.1, -0.05) is 111 Å². The Kier molecular flexibility index (Phi) is 15.7. The minimum Gasteiger partial charge on any atom is -0.381 e. The van der Waals surface area contributed by atoms with E-state index < -0.39 is 0 Å². The quantitative estimate of drug-likeness (QED) is 0.0930. The summed E-state index contributed by atoms with van der Waals surface area (Å²) >= 11 is 0. The molecule has 0 saturated heterocycles. The van der Waals surface area contributed by atoms with Crippen molar-refractivity contribution < 1.29 is 14.2 Å². The molecule has 0 spiro atoms. The van der Waals surface area contributed by atoms with E-state index in [1.165, 1.54) is 109 Å². The second-order valence-corrected chi connectivity index (χ2v) is 18.0. The SMILES string of the molecule is CCCCOCC(C)COCCCCCCCCOC1CCC2(C)C(=CCC3C4CCC(C(C)CCCC(C)C)C4(C)CCC32N)C1. The Hall–Kier alpha value is -0.420. The van der Waals surface area contributed by atoms with E-state index in [9.17, 15) is 0 Å². The van der Waals surface area contributed by atoms with Crippen molar-refractivity contribution in [2.24, 2.45) is 52.1 Å². The lowest BCUT2D eigenvalue weighted by Crippen LogP contribution is -2.67. The van der Waals surface area contributed by atoms with Gasteiger partial charge in [0.1, 0.15) is 0 Å². The zero-order chi connectivity index (χ0) is 33.9. The van der Waals surface area contributed by atoms with Crippen LogP contribution < -0.4 is 5.73 Å². The number of hydrogen-bond donors (Lipinski definition) is 1. The molecule has 0 heterocycles. The van der Waals surface area contributed by atoms with Crippen LogP contribution in [0.25, 0.3) is 0 Å². The molecular weight excluding hydrogens is 578 g/mol. The van der Waals surface area contributed by atoms with Gasteiger partial charge in [-0.15, -0.1) is 0 Å². The van der Waals surface area contributed by atoms with E-state index in [2.05, 4.69) is 54.5 Å². The number of hydrogen-bond acceptors (Lipinski definition) is 4. The fourth-order valence-corrected chi connectivity index (χ4v) is 11.0. The summed E-state index contributed by atoms with van der Waals surface area (Å²) in [5.41, 5.74) is 9.96. The lowest BCUT2D eigenvalue weighted by Gasteiger charge is -2.64. The van der Waals surface area contributed by atoms with Crippen LogP contribution >= 0.6 is 0 Å². The van der Waals surface area contributed by atoms with E-state index in [4.69, 9.17) is 19.9 Å². The highest BCUT2D eigenvalue weighted by Gasteiger charge is 2.64. The first kappa shape index (κ1) is 39.4. The fourth-order valence-electron chi connectivity index (χ4n) is 11.0. The van der Waals surface area contributed by atoms with Crippen molar-refractivity contribution in [1.82, 2.24) is 0 Å². The van der Waals surface area contributed by atoms with Gasteiger partial charge in [0.05, 0.1) is 19.3 Å². The van der Waals surface area contributed by atoms with E-state index in [1.54, 1.807) is 5.57 Å². The van der Waals surface area contributed by atoms with Crippen LogP contribution in [0.4, 0.5) is 0 Å². The van der Waals surface area contributed by atoms with Crippen LogP contribution in [0.5, 0.6) is 0 Å². The highest BCUT2D eigenvalue weighted by molar-refractivity contribution is 5.32. The Morgan fingerprint density at radius 1 is 0.766 bits per heavy atom. The van der Waals surface area contributed by atoms with Gasteiger partial charge in [0.25, 0.3) is 0 Å². The van der Waals surface area contributed by atoms with E-state index in [1.807, 2.05) is 0 Å². The molecule has 0 radical (unpaired) electrons. The highest BCUT2D eigenvalue weighted by Crippen LogP contribution is 2.68. The lowest BCUT2D eigenvalue weighted by atomic mass is 9.43. The van der Waals surface area contributed by atoms with Gasteiger partial charge >= 0.3 is 0 Å². The van der Waals surface area contributed by atoms with Crippen molar-refractivity contribution >= 4 is 0 Å². The normalized spacial score (nSPS) is 34.9. The molecule has 3 saturated carbocycles. The minimum atomic E-state index is -0.0338. The summed E-state index contributed by atoms with van der Waals surface area (Å²) in [6.45, 7) is 21.3. The Morgan fingerprint density at radius 3 is 2.15 bits per heavy atom. The maximum Gasteiger partial charge on any atom is 0.0612 e. The average Bonchev–Trinajstić information content (AvgIpc) is 3.39. The van der Waals surface area contributed by atoms with Crippen molar-refractivity contribution in [2.45, 2.75) is 182 Å². The van der Waals surface area contributed by atoms with E-state index in [-0.39, 0.29) is 11.0 Å². The first-order chi connectivity index (χ1) is 22.5. The first-order valence-corrected chi connectivity index (χ1v) is 20.8. The number of allylic oxidation sites excluding steroid dienone is 1. The molecule has 4 heteroatoms. The van der Waals surface area contributed by atoms with Crippen molar-refractivity contribution in [3.05, 3.63) is 11.6 Å². The molecule has 0 amide bonds. The third-order valence-corrected chi connectivity index (χ3v) is 14.1. The predicted octanol–water partition coefficient (Wildman–Crippen LogP) is 11.3. The number of nitrogens with two attached hydrogens (primary N) is 1. The fraction of sp³-hybridized carbons (Fsp3) is 0.953. The van der Waals surface area contributed by atoms with Crippen LogP contribution in [0.3, 0.4) is 0 Å². The summed E-state index contributed by atoms with van der Waals surface area (Å²) in [5, 5.41) is 0. The van der Waals surface area contributed by atoms with Crippen molar-refractivity contribution in [1.29, 1.82) is 0 Å². The molecule has 47 heavy (non-hydrogen) atoms. The number of fused-ring (bicyclic) bond motifs is 5. The van der Waals surface area contributed by atoms with Crippen molar-refractivity contribution in [3.63, 3.8) is 0 Å². The zero-order valence-corrected chi connectivity index (χ0v) is 32.4. The monoisotopic (exact) mass is 658 g/mol. The average molecular weight is 658 g/mol. The van der Waals surface area contributed by atoms with E-state index >= 15 is 0 Å². The molecule has 9 atom stereocenters. The molecule has 274 valence electrons. The maximum absolute atomic E-state index is 7.70. The lowest BCUT2D eigenvalue weighted by molar-refractivity contribution is -0.0805. The molecular formula is C43H79NO3. The van der Waals surface area contributed by atoms with Gasteiger partial charge in [-0.2, -0.15) is 0 Å². The van der Waals surface area contributed by atoms with Gasteiger partial charge in [-0.3, -0.25) is 0 Å². The van der Waals surface area contributed by atoms with Gasteiger partial charge in [0, 0.05) is 36.7 Å². The summed E-state index contributed by atoms with van der Waals surface area (Å²) in [6.07, 6.45) is 27.3. The molecule has 4 nitrogen and oxygen atoms in total. The van der Waals surface area contributed by atoms with Crippen LogP contribution in [-0.4, -0.2) is 44.7 Å². The van der Waals surface area contributed by atoms with Crippen LogP contribution in [-0.2, 0) is 14.2 Å². The maximum atomic E-state index is 7.70. The molecule has 3 fully saturated rings. The van der Waals surface area contributed by atoms with Crippen molar-refractivity contribution in [3.8, 4) is 0 Å². The molecule has 0 aromatic rings. The number of rotatable bonds is 22. The molecule has 0 bridgehead atoms. The number of ether oxygens (including phenoxy) is 3. The van der Waals surface area contributed by atoms with Gasteiger partial charge in [0.15, 0.2) is 0 Å². The van der Waals surface area contributed by atoms with Gasteiger partial charge < -0.3 is 19.9 Å². The standard InChI is InChI=1S/C43H79NO3/c1-8-9-27-45-31-34(4)32-46-28-14-12-10-11-13-15-29-47-37-23-24-42(7)36(30-37)19-20-40-39-22-21-38(35(5)18-16-17-33(2)3)41(39,6)25-26-43(40,42)44/h19,33-35,37-40H,8-18,20-32,44H2,1-7H3. The molecule has 9 unspecified atom stereocenters. The Morgan fingerprint density at radius 2 is 1.45 bits per heavy atom. The molecule has 4 rings (SSSR count). The second-order valence-electron chi connectivity index (χ2n) is 18.0. The summed E-state index contributed by atoms with van der Waals surface area (Å²) < 4.78 is 18.1. The predicted molar refractivity (Wildman–Crippen MR) is 200 cm³/mol. The highest BCUT2D eigenvalue weighted by atomic mass is 16.5. The van der Waals surface area contributed by atoms with E-state index in [0.29, 0.717) is 23.4 Å². The summed E-state index contributed by atoms with van der Waals surface area (Å²) in [4.78, 5) is 0. The van der Waals surface area contributed by atoms with Crippen molar-refractivity contribution in [2.75, 3.05) is 33.0 Å². The third-order valence-electron chi connectivity index (χ3n) is 14.1. The largest absolute Gasteiger partial charge is 0.381 e. The number of unbranched alkanes of at least 4 members (excludes halogenated alkanes) is 6. The van der Waals surface area contributed by atoms with Crippen LogP contribution in [0, 0.1) is 46.3 Å². The first-order valence-electron chi connectivity index (χ1n) is 20.8. The Balaban J connectivity index is 1.12. The summed E-state index contributed by atoms with van der Waals surface area (Å²) in [5.74, 6) is 4.53. The van der Waals surface area contributed by atoms with E-state index in [0.717, 1.165) is 69.5 Å².